The maximum Gasteiger partial charge on any atom is 0.223 e. The summed E-state index contributed by atoms with van der Waals surface area (Å²) in [7, 11) is 0. The van der Waals surface area contributed by atoms with Crippen molar-refractivity contribution < 1.29 is 4.79 Å². The van der Waals surface area contributed by atoms with E-state index in [9.17, 15) is 4.79 Å². The third-order valence-corrected chi connectivity index (χ3v) is 7.09. The van der Waals surface area contributed by atoms with Gasteiger partial charge in [0.25, 0.3) is 0 Å². The van der Waals surface area contributed by atoms with E-state index in [1.807, 2.05) is 24.7 Å². The van der Waals surface area contributed by atoms with Gasteiger partial charge in [-0.1, -0.05) is 30.3 Å². The van der Waals surface area contributed by atoms with E-state index in [0.717, 1.165) is 65.5 Å². The number of fused-ring (bicyclic) bond motifs is 1. The van der Waals surface area contributed by atoms with Gasteiger partial charge in [0, 0.05) is 17.5 Å². The van der Waals surface area contributed by atoms with Gasteiger partial charge in [-0.05, 0) is 67.9 Å². The number of nitrogens with one attached hydrogen (secondary N) is 2. The first-order valence-electron chi connectivity index (χ1n) is 11.3. The fourth-order valence-corrected chi connectivity index (χ4v) is 4.83. The molecule has 2 N–H and O–H groups in total. The van der Waals surface area contributed by atoms with E-state index in [0.29, 0.717) is 6.04 Å². The van der Waals surface area contributed by atoms with Crippen molar-refractivity contribution >= 4 is 16.9 Å². The van der Waals surface area contributed by atoms with Crippen molar-refractivity contribution in [2.24, 2.45) is 5.92 Å². The van der Waals surface area contributed by atoms with Gasteiger partial charge in [0.15, 0.2) is 0 Å². The van der Waals surface area contributed by atoms with Crippen molar-refractivity contribution in [1.29, 1.82) is 0 Å². The van der Waals surface area contributed by atoms with Crippen molar-refractivity contribution in [3.8, 4) is 22.4 Å². The van der Waals surface area contributed by atoms with Crippen LogP contribution in [0.4, 0.5) is 0 Å². The molecule has 2 aromatic heterocycles. The van der Waals surface area contributed by atoms with Gasteiger partial charge in [-0.2, -0.15) is 15.4 Å². The van der Waals surface area contributed by atoms with Crippen LogP contribution in [0.15, 0.2) is 55.0 Å². The average molecular weight is 427 g/mol. The van der Waals surface area contributed by atoms with Gasteiger partial charge < -0.3 is 9.88 Å². The molecule has 2 fully saturated rings. The SMILES string of the molecule is CC1(NC(=O)C2CCC(n3cncc3-c3ccc(-c4ccc5n[nH]nc5c4)cc3)C2)CC1. The zero-order valence-corrected chi connectivity index (χ0v) is 18.1. The quantitative estimate of drug-likeness (QED) is 0.492. The van der Waals surface area contributed by atoms with Gasteiger partial charge >= 0.3 is 0 Å². The smallest absolute Gasteiger partial charge is 0.223 e. The van der Waals surface area contributed by atoms with Gasteiger partial charge in [0.05, 0.1) is 18.2 Å². The van der Waals surface area contributed by atoms with Gasteiger partial charge in [0.2, 0.25) is 5.91 Å². The van der Waals surface area contributed by atoms with Crippen molar-refractivity contribution in [2.45, 2.75) is 50.6 Å². The van der Waals surface area contributed by atoms with E-state index < -0.39 is 0 Å². The van der Waals surface area contributed by atoms with Crippen LogP contribution in [0.1, 0.15) is 45.1 Å². The molecule has 0 bridgehead atoms. The lowest BCUT2D eigenvalue weighted by atomic mass is 10.0. The van der Waals surface area contributed by atoms with Crippen LogP contribution < -0.4 is 5.32 Å². The summed E-state index contributed by atoms with van der Waals surface area (Å²) in [6.07, 6.45) is 8.86. The number of imidazole rings is 1. The summed E-state index contributed by atoms with van der Waals surface area (Å²) in [5.41, 5.74) is 6.26. The summed E-state index contributed by atoms with van der Waals surface area (Å²) in [4.78, 5) is 17.1. The Balaban J connectivity index is 1.20. The molecule has 7 heteroatoms. The predicted molar refractivity (Wildman–Crippen MR) is 123 cm³/mol. The van der Waals surface area contributed by atoms with E-state index in [2.05, 4.69) is 67.5 Å². The zero-order valence-electron chi connectivity index (χ0n) is 18.1. The summed E-state index contributed by atoms with van der Waals surface area (Å²) in [6, 6.07) is 15.0. The molecule has 2 aliphatic carbocycles. The number of rotatable bonds is 5. The Morgan fingerprint density at radius 3 is 2.59 bits per heavy atom. The van der Waals surface area contributed by atoms with Gasteiger partial charge in [-0.15, -0.1) is 0 Å². The van der Waals surface area contributed by atoms with Crippen LogP contribution in [0.3, 0.4) is 0 Å². The van der Waals surface area contributed by atoms with Crippen molar-refractivity contribution in [3.05, 3.63) is 55.0 Å². The predicted octanol–water partition coefficient (Wildman–Crippen LogP) is 4.50. The molecular weight excluding hydrogens is 400 g/mol. The molecule has 2 atom stereocenters. The topological polar surface area (TPSA) is 88.5 Å². The summed E-state index contributed by atoms with van der Waals surface area (Å²) in [5.74, 6) is 0.323. The molecule has 0 radical (unpaired) electrons. The molecule has 2 aromatic carbocycles. The Labute approximate surface area is 186 Å². The number of carbonyl (C=O) groups excluding carboxylic acids is 1. The van der Waals surface area contributed by atoms with E-state index in [4.69, 9.17) is 0 Å². The molecule has 32 heavy (non-hydrogen) atoms. The Hall–Kier alpha value is -3.48. The standard InChI is InChI=1S/C25H26N6O/c1-25(10-11-25)27-24(32)19-6-8-20(12-19)31-15-26-14-23(31)17-4-2-16(3-5-17)18-7-9-21-22(13-18)29-30-28-21/h2-5,7,9,13-15,19-20H,6,8,10-12H2,1H3,(H,27,32)(H,28,29,30). The maximum absolute atomic E-state index is 12.7. The third-order valence-electron chi connectivity index (χ3n) is 7.09. The first kappa shape index (κ1) is 19.2. The number of benzene rings is 2. The number of aromatic nitrogens is 5. The fourth-order valence-electron chi connectivity index (χ4n) is 4.83. The summed E-state index contributed by atoms with van der Waals surface area (Å²) in [6.45, 7) is 2.14. The number of amides is 1. The van der Waals surface area contributed by atoms with Gasteiger partial charge in [-0.3, -0.25) is 4.79 Å². The second-order valence-corrected chi connectivity index (χ2v) is 9.50. The van der Waals surface area contributed by atoms with Crippen LogP contribution in [0, 0.1) is 5.92 Å². The molecule has 2 aliphatic rings. The van der Waals surface area contributed by atoms with Crippen LogP contribution in [-0.2, 0) is 4.79 Å². The molecular formula is C25H26N6O. The van der Waals surface area contributed by atoms with Crippen LogP contribution in [0.25, 0.3) is 33.4 Å². The molecule has 2 heterocycles. The second kappa shape index (κ2) is 7.29. The largest absolute Gasteiger partial charge is 0.351 e. The fraction of sp³-hybridized carbons (Fsp3) is 0.360. The highest BCUT2D eigenvalue weighted by Crippen LogP contribution is 2.40. The minimum absolute atomic E-state index is 0.0509. The molecule has 162 valence electrons. The van der Waals surface area contributed by atoms with Gasteiger partial charge in [0.1, 0.15) is 11.0 Å². The number of carbonyl (C=O) groups is 1. The molecule has 1 amide bonds. The number of hydrogen-bond donors (Lipinski definition) is 2. The summed E-state index contributed by atoms with van der Waals surface area (Å²) >= 11 is 0. The van der Waals surface area contributed by atoms with Crippen LogP contribution >= 0.6 is 0 Å². The highest BCUT2D eigenvalue weighted by atomic mass is 16.2. The lowest BCUT2D eigenvalue weighted by Crippen LogP contribution is -2.38. The molecule has 2 unspecified atom stereocenters. The Morgan fingerprint density at radius 1 is 1.03 bits per heavy atom. The van der Waals surface area contributed by atoms with Crippen molar-refractivity contribution in [2.75, 3.05) is 0 Å². The van der Waals surface area contributed by atoms with Crippen LogP contribution in [0.2, 0.25) is 0 Å². The van der Waals surface area contributed by atoms with E-state index in [1.165, 1.54) is 0 Å². The Bertz CT molecular complexity index is 1280. The molecule has 0 spiro atoms. The maximum atomic E-state index is 12.7. The lowest BCUT2D eigenvalue weighted by molar-refractivity contribution is -0.125. The number of H-pyrrole nitrogens is 1. The third kappa shape index (κ3) is 3.47. The highest BCUT2D eigenvalue weighted by Gasteiger charge is 2.41. The minimum atomic E-state index is 0.0509. The van der Waals surface area contributed by atoms with E-state index in [-0.39, 0.29) is 17.4 Å². The first-order chi connectivity index (χ1) is 15.6. The number of aromatic amines is 1. The number of nitrogens with zero attached hydrogens (tertiary/aromatic N) is 4. The van der Waals surface area contributed by atoms with E-state index >= 15 is 0 Å². The van der Waals surface area contributed by atoms with Gasteiger partial charge in [-0.25, -0.2) is 4.98 Å². The number of hydrogen-bond acceptors (Lipinski definition) is 4. The molecule has 4 aromatic rings. The average Bonchev–Trinajstić information content (AvgIpc) is 3.28. The van der Waals surface area contributed by atoms with Crippen molar-refractivity contribution in [1.82, 2.24) is 30.3 Å². The lowest BCUT2D eigenvalue weighted by Gasteiger charge is -2.18. The summed E-state index contributed by atoms with van der Waals surface area (Å²) < 4.78 is 2.25. The molecule has 6 rings (SSSR count). The normalized spacial score (nSPS) is 21.7. The van der Waals surface area contributed by atoms with Crippen LogP contribution in [-0.4, -0.2) is 36.4 Å². The Morgan fingerprint density at radius 2 is 1.78 bits per heavy atom. The van der Waals surface area contributed by atoms with Crippen molar-refractivity contribution in [3.63, 3.8) is 0 Å². The first-order valence-corrected chi connectivity index (χ1v) is 11.3. The molecule has 7 nitrogen and oxygen atoms in total. The Kier molecular flexibility index (Phi) is 4.38. The molecule has 0 saturated heterocycles. The minimum Gasteiger partial charge on any atom is -0.351 e. The van der Waals surface area contributed by atoms with Crippen LogP contribution in [0.5, 0.6) is 0 Å². The summed E-state index contributed by atoms with van der Waals surface area (Å²) in [5, 5.41) is 14.2. The highest BCUT2D eigenvalue weighted by molar-refractivity contribution is 5.81. The zero-order chi connectivity index (χ0) is 21.7. The monoisotopic (exact) mass is 426 g/mol. The molecule has 0 aliphatic heterocycles. The second-order valence-electron chi connectivity index (χ2n) is 9.50. The molecule has 2 saturated carbocycles. The van der Waals surface area contributed by atoms with E-state index in [1.54, 1.807) is 0 Å².